The molecule has 0 saturated carbocycles. The van der Waals surface area contributed by atoms with E-state index >= 15 is 0 Å². The van der Waals surface area contributed by atoms with Gasteiger partial charge in [0.25, 0.3) is 0 Å². The highest BCUT2D eigenvalue weighted by Gasteiger charge is 2.16. The van der Waals surface area contributed by atoms with Crippen LogP contribution in [0.5, 0.6) is 5.75 Å². The summed E-state index contributed by atoms with van der Waals surface area (Å²) in [5.74, 6) is -0.890. The van der Waals surface area contributed by atoms with Crippen molar-refractivity contribution in [1.29, 1.82) is 0 Å². The second-order valence-corrected chi connectivity index (χ2v) is 6.88. The van der Waals surface area contributed by atoms with Crippen molar-refractivity contribution >= 4 is 28.5 Å². The van der Waals surface area contributed by atoms with E-state index in [9.17, 15) is 14.0 Å². The molecule has 0 radical (unpaired) electrons. The number of carboxylic acid groups (broad SMARTS) is 1. The molecule has 0 aliphatic carbocycles. The quantitative estimate of drug-likeness (QED) is 0.597. The van der Waals surface area contributed by atoms with Gasteiger partial charge in [0.15, 0.2) is 0 Å². The molecule has 3 rings (SSSR count). The van der Waals surface area contributed by atoms with Gasteiger partial charge in [0.2, 0.25) is 0 Å². The largest absolute Gasteiger partial charge is 0.488 e. The molecule has 0 amide bonds. The molecule has 0 atom stereocenters. The van der Waals surface area contributed by atoms with Gasteiger partial charge in [-0.05, 0) is 50.1 Å². The Morgan fingerprint density at radius 3 is 2.64 bits per heavy atom. The molecule has 146 valence electrons. The highest BCUT2D eigenvalue weighted by molar-refractivity contribution is 6.31. The van der Waals surface area contributed by atoms with Crippen molar-refractivity contribution in [3.8, 4) is 5.75 Å². The van der Waals surface area contributed by atoms with E-state index in [1.165, 1.54) is 12.1 Å². The fourth-order valence-electron chi connectivity index (χ4n) is 3.04. The van der Waals surface area contributed by atoms with Gasteiger partial charge in [0.1, 0.15) is 23.8 Å². The first-order valence-electron chi connectivity index (χ1n) is 8.62. The summed E-state index contributed by atoms with van der Waals surface area (Å²) in [5, 5.41) is 9.85. The average Bonchev–Trinajstić information content (AvgIpc) is 2.62. The Morgan fingerprint density at radius 2 is 1.96 bits per heavy atom. The van der Waals surface area contributed by atoms with E-state index < -0.39 is 17.4 Å². The zero-order valence-corrected chi connectivity index (χ0v) is 16.1. The molecule has 0 saturated heterocycles. The predicted molar refractivity (Wildman–Crippen MR) is 104 cm³/mol. The average molecular weight is 405 g/mol. The minimum Gasteiger partial charge on any atom is -0.488 e. The van der Waals surface area contributed by atoms with Gasteiger partial charge >= 0.3 is 11.6 Å². The van der Waals surface area contributed by atoms with E-state index in [4.69, 9.17) is 25.9 Å². The highest BCUT2D eigenvalue weighted by atomic mass is 35.5. The Bertz CT molecular complexity index is 1120. The van der Waals surface area contributed by atoms with Gasteiger partial charge in [0.05, 0.1) is 5.02 Å². The van der Waals surface area contributed by atoms with E-state index in [1.807, 2.05) is 0 Å². The molecule has 0 aliphatic rings. The fraction of sp³-hybridized carbons (Fsp3) is 0.238. The van der Waals surface area contributed by atoms with Crippen LogP contribution in [0.1, 0.15) is 28.7 Å². The summed E-state index contributed by atoms with van der Waals surface area (Å²) in [5.41, 5.74) is 2.17. The summed E-state index contributed by atoms with van der Waals surface area (Å²) < 4.78 is 24.4. The van der Waals surface area contributed by atoms with Crippen molar-refractivity contribution in [1.82, 2.24) is 0 Å². The van der Waals surface area contributed by atoms with Gasteiger partial charge in [0, 0.05) is 28.5 Å². The summed E-state index contributed by atoms with van der Waals surface area (Å²) in [7, 11) is 0. The van der Waals surface area contributed by atoms with Gasteiger partial charge < -0.3 is 14.3 Å². The van der Waals surface area contributed by atoms with Gasteiger partial charge in [-0.2, -0.15) is 0 Å². The molecule has 0 aliphatic heterocycles. The van der Waals surface area contributed by atoms with E-state index in [1.54, 1.807) is 32.0 Å². The van der Waals surface area contributed by atoms with Crippen molar-refractivity contribution < 1.29 is 23.4 Å². The van der Waals surface area contributed by atoms with Crippen LogP contribution < -0.4 is 10.4 Å². The second kappa shape index (κ2) is 8.02. The summed E-state index contributed by atoms with van der Waals surface area (Å²) in [6, 6.07) is 7.59. The minimum absolute atomic E-state index is 0.111. The number of benzene rings is 2. The summed E-state index contributed by atoms with van der Waals surface area (Å²) in [6.45, 7) is 3.67. The van der Waals surface area contributed by atoms with Crippen molar-refractivity contribution in [3.63, 3.8) is 0 Å². The molecule has 2 aromatic carbocycles. The van der Waals surface area contributed by atoms with Crippen LogP contribution in [0.4, 0.5) is 4.39 Å². The van der Waals surface area contributed by atoms with Gasteiger partial charge in [-0.15, -0.1) is 0 Å². The molecule has 3 aromatic rings. The fourth-order valence-corrected chi connectivity index (χ4v) is 3.26. The van der Waals surface area contributed by atoms with E-state index in [2.05, 4.69) is 0 Å². The normalized spacial score (nSPS) is 11.0. The molecule has 0 spiro atoms. The molecule has 5 nitrogen and oxygen atoms in total. The monoisotopic (exact) mass is 404 g/mol. The number of halogens is 2. The number of aryl methyl sites for hydroxylation is 2. The minimum atomic E-state index is -0.974. The standard InChI is InChI=1S/C21H18ClFO5/c1-11-15-5-7-18(27-10-13-3-4-14(23)9-17(13)22)12(2)20(15)28-21(26)16(11)6-8-19(24)25/h3-5,7,9H,6,8,10H2,1-2H3,(H,24,25). The van der Waals surface area contributed by atoms with Crippen molar-refractivity contribution in [3.05, 3.63) is 73.8 Å². The van der Waals surface area contributed by atoms with Gasteiger partial charge in [-0.25, -0.2) is 9.18 Å². The zero-order chi connectivity index (χ0) is 20.4. The molecule has 0 fully saturated rings. The van der Waals surface area contributed by atoms with E-state index in [-0.39, 0.29) is 24.5 Å². The SMILES string of the molecule is Cc1c(CCC(=O)O)c(=O)oc2c(C)c(OCc3ccc(F)cc3Cl)ccc12. The molecular formula is C21H18ClFO5. The van der Waals surface area contributed by atoms with Crippen LogP contribution in [-0.4, -0.2) is 11.1 Å². The first kappa shape index (κ1) is 19.9. The third-order valence-corrected chi connectivity index (χ3v) is 4.99. The zero-order valence-electron chi connectivity index (χ0n) is 15.3. The van der Waals surface area contributed by atoms with E-state index in [0.717, 1.165) is 5.39 Å². The van der Waals surface area contributed by atoms with Crippen LogP contribution in [-0.2, 0) is 17.8 Å². The van der Waals surface area contributed by atoms with E-state index in [0.29, 0.717) is 33.6 Å². The van der Waals surface area contributed by atoms with Crippen LogP contribution in [0.3, 0.4) is 0 Å². The maximum atomic E-state index is 13.2. The lowest BCUT2D eigenvalue weighted by Gasteiger charge is -2.13. The Kier molecular flexibility index (Phi) is 5.70. The first-order valence-corrected chi connectivity index (χ1v) is 9.00. The summed E-state index contributed by atoms with van der Waals surface area (Å²) in [6.07, 6.45) is -0.0322. The Hall–Kier alpha value is -2.86. The smallest absolute Gasteiger partial charge is 0.339 e. The molecule has 1 N–H and O–H groups in total. The molecule has 28 heavy (non-hydrogen) atoms. The Morgan fingerprint density at radius 1 is 1.21 bits per heavy atom. The van der Waals surface area contributed by atoms with Crippen LogP contribution in [0, 0.1) is 19.7 Å². The number of hydrogen-bond donors (Lipinski definition) is 1. The van der Waals surface area contributed by atoms with Crippen LogP contribution in [0.15, 0.2) is 39.5 Å². The van der Waals surface area contributed by atoms with Gasteiger partial charge in [-0.1, -0.05) is 17.7 Å². The number of carbonyl (C=O) groups is 1. The first-order chi connectivity index (χ1) is 13.3. The number of aliphatic carboxylic acids is 1. The highest BCUT2D eigenvalue weighted by Crippen LogP contribution is 2.30. The van der Waals surface area contributed by atoms with Crippen molar-refractivity contribution in [2.24, 2.45) is 0 Å². The maximum Gasteiger partial charge on any atom is 0.339 e. The third kappa shape index (κ3) is 4.02. The Labute approximate surface area is 165 Å². The molecule has 1 aromatic heterocycles. The number of hydrogen-bond acceptors (Lipinski definition) is 4. The summed E-state index contributed by atoms with van der Waals surface area (Å²) in [4.78, 5) is 23.1. The van der Waals surface area contributed by atoms with Crippen LogP contribution in [0.2, 0.25) is 5.02 Å². The maximum absolute atomic E-state index is 13.2. The van der Waals surface area contributed by atoms with Gasteiger partial charge in [-0.3, -0.25) is 4.79 Å². The predicted octanol–water partition coefficient (Wildman–Crippen LogP) is 4.80. The molecule has 1 heterocycles. The molecular weight excluding hydrogens is 387 g/mol. The lowest BCUT2D eigenvalue weighted by Crippen LogP contribution is -2.12. The van der Waals surface area contributed by atoms with Crippen LogP contribution >= 0.6 is 11.6 Å². The topological polar surface area (TPSA) is 76.7 Å². The van der Waals surface area contributed by atoms with Crippen molar-refractivity contribution in [2.45, 2.75) is 33.3 Å². The molecule has 0 bridgehead atoms. The number of rotatable bonds is 6. The molecule has 0 unspecified atom stereocenters. The van der Waals surface area contributed by atoms with Crippen LogP contribution in [0.25, 0.3) is 11.0 Å². The second-order valence-electron chi connectivity index (χ2n) is 6.48. The Balaban J connectivity index is 1.93. The lowest BCUT2D eigenvalue weighted by molar-refractivity contribution is -0.136. The van der Waals surface area contributed by atoms with Crippen molar-refractivity contribution in [2.75, 3.05) is 0 Å². The third-order valence-electron chi connectivity index (χ3n) is 4.64. The summed E-state index contributed by atoms with van der Waals surface area (Å²) >= 11 is 6.02. The molecule has 7 heteroatoms. The number of ether oxygens (including phenoxy) is 1. The number of fused-ring (bicyclic) bond motifs is 1. The lowest BCUT2D eigenvalue weighted by atomic mass is 10.0. The number of carboxylic acids is 1.